The van der Waals surface area contributed by atoms with E-state index in [1.807, 2.05) is 31.2 Å². The van der Waals surface area contributed by atoms with E-state index in [1.165, 1.54) is 0 Å². The highest BCUT2D eigenvalue weighted by Gasteiger charge is 2.12. The highest BCUT2D eigenvalue weighted by atomic mass is 16.5. The number of aliphatic hydroxyl groups excluding tert-OH is 1. The van der Waals surface area contributed by atoms with Gasteiger partial charge in [0, 0.05) is 12.1 Å². The first kappa shape index (κ1) is 14.0. The van der Waals surface area contributed by atoms with Crippen molar-refractivity contribution in [3.63, 3.8) is 0 Å². The number of para-hydroxylation sites is 1. The molecule has 1 aromatic carbocycles. The zero-order valence-corrected chi connectivity index (χ0v) is 11.2. The quantitative estimate of drug-likeness (QED) is 0.824. The van der Waals surface area contributed by atoms with Crippen LogP contribution in [0.2, 0.25) is 0 Å². The summed E-state index contributed by atoms with van der Waals surface area (Å²) in [5.74, 6) is 0.835. The van der Waals surface area contributed by atoms with Crippen LogP contribution in [-0.4, -0.2) is 29.9 Å². The summed E-state index contributed by atoms with van der Waals surface area (Å²) in [5, 5.41) is 13.0. The molecule has 0 amide bonds. The number of nitrogens with one attached hydrogen (secondary N) is 1. The van der Waals surface area contributed by atoms with Crippen LogP contribution in [0.3, 0.4) is 0 Å². The molecule has 1 atom stereocenters. The van der Waals surface area contributed by atoms with E-state index in [4.69, 9.17) is 4.74 Å². The lowest BCUT2D eigenvalue weighted by Crippen LogP contribution is -2.42. The summed E-state index contributed by atoms with van der Waals surface area (Å²) >= 11 is 0. The van der Waals surface area contributed by atoms with Crippen LogP contribution in [0.25, 0.3) is 0 Å². The first-order chi connectivity index (χ1) is 7.88. The summed E-state index contributed by atoms with van der Waals surface area (Å²) in [7, 11) is 0. The number of hydrogen-bond acceptors (Lipinski definition) is 3. The fourth-order valence-corrected chi connectivity index (χ4v) is 1.39. The second-order valence-electron chi connectivity index (χ2n) is 5.36. The predicted molar refractivity (Wildman–Crippen MR) is 70.4 cm³/mol. The molecule has 1 aromatic rings. The third-order valence-electron chi connectivity index (χ3n) is 2.39. The van der Waals surface area contributed by atoms with Crippen LogP contribution in [0.5, 0.6) is 5.75 Å². The van der Waals surface area contributed by atoms with Crippen LogP contribution in [0.1, 0.15) is 26.3 Å². The van der Waals surface area contributed by atoms with Gasteiger partial charge in [0.15, 0.2) is 0 Å². The summed E-state index contributed by atoms with van der Waals surface area (Å²) in [5.41, 5.74) is 1.10. The van der Waals surface area contributed by atoms with Crippen molar-refractivity contribution in [3.8, 4) is 5.75 Å². The van der Waals surface area contributed by atoms with Crippen LogP contribution >= 0.6 is 0 Å². The van der Waals surface area contributed by atoms with E-state index in [0.717, 1.165) is 11.3 Å². The highest BCUT2D eigenvalue weighted by Crippen LogP contribution is 2.16. The molecule has 0 saturated heterocycles. The van der Waals surface area contributed by atoms with Crippen molar-refractivity contribution in [2.45, 2.75) is 39.3 Å². The number of rotatable bonds is 5. The minimum absolute atomic E-state index is 0.0175. The molecule has 0 heterocycles. The lowest BCUT2D eigenvalue weighted by Gasteiger charge is -2.23. The van der Waals surface area contributed by atoms with Crippen molar-refractivity contribution >= 4 is 0 Å². The minimum atomic E-state index is -0.492. The van der Waals surface area contributed by atoms with Crippen molar-refractivity contribution in [2.75, 3.05) is 13.2 Å². The molecule has 0 aliphatic heterocycles. The molecule has 0 radical (unpaired) electrons. The van der Waals surface area contributed by atoms with Gasteiger partial charge in [0.2, 0.25) is 0 Å². The van der Waals surface area contributed by atoms with Crippen molar-refractivity contribution in [2.24, 2.45) is 0 Å². The molecule has 0 fully saturated rings. The fourth-order valence-electron chi connectivity index (χ4n) is 1.39. The SMILES string of the molecule is Cc1ccccc1OCC(O)CNC(C)(C)C. The molecule has 0 aromatic heterocycles. The van der Waals surface area contributed by atoms with Crippen LogP contribution in [0, 0.1) is 6.92 Å². The molecular formula is C14H23NO2. The van der Waals surface area contributed by atoms with E-state index in [1.54, 1.807) is 0 Å². The molecular weight excluding hydrogens is 214 g/mol. The fraction of sp³-hybridized carbons (Fsp3) is 0.571. The lowest BCUT2D eigenvalue weighted by molar-refractivity contribution is 0.0997. The first-order valence-electron chi connectivity index (χ1n) is 6.00. The van der Waals surface area contributed by atoms with Crippen LogP contribution < -0.4 is 10.1 Å². The highest BCUT2D eigenvalue weighted by molar-refractivity contribution is 5.31. The average Bonchev–Trinajstić information content (AvgIpc) is 2.24. The second-order valence-corrected chi connectivity index (χ2v) is 5.36. The molecule has 0 spiro atoms. The van der Waals surface area contributed by atoms with Gasteiger partial charge in [0.05, 0.1) is 0 Å². The largest absolute Gasteiger partial charge is 0.491 e. The number of aliphatic hydroxyl groups is 1. The van der Waals surface area contributed by atoms with Crippen LogP contribution in [0.15, 0.2) is 24.3 Å². The van der Waals surface area contributed by atoms with Gasteiger partial charge in [-0.05, 0) is 39.3 Å². The Morgan fingerprint density at radius 2 is 1.94 bits per heavy atom. The summed E-state index contributed by atoms with van der Waals surface area (Å²) in [6, 6.07) is 7.82. The molecule has 0 saturated carbocycles. The molecule has 2 N–H and O–H groups in total. The number of ether oxygens (including phenoxy) is 1. The van der Waals surface area contributed by atoms with Gasteiger partial charge in [-0.2, -0.15) is 0 Å². The molecule has 0 bridgehead atoms. The van der Waals surface area contributed by atoms with E-state index in [2.05, 4.69) is 26.1 Å². The maximum atomic E-state index is 9.78. The summed E-state index contributed by atoms with van der Waals surface area (Å²) < 4.78 is 5.57. The molecule has 0 aliphatic carbocycles. The molecule has 17 heavy (non-hydrogen) atoms. The van der Waals surface area contributed by atoms with Gasteiger partial charge in [-0.25, -0.2) is 0 Å². The standard InChI is InChI=1S/C14H23NO2/c1-11-7-5-6-8-13(11)17-10-12(16)9-15-14(2,3)4/h5-8,12,15-16H,9-10H2,1-4H3. The third kappa shape index (κ3) is 5.71. The van der Waals surface area contributed by atoms with Gasteiger partial charge >= 0.3 is 0 Å². The van der Waals surface area contributed by atoms with Gasteiger partial charge in [-0.1, -0.05) is 18.2 Å². The monoisotopic (exact) mass is 237 g/mol. The Morgan fingerprint density at radius 1 is 1.29 bits per heavy atom. The normalized spacial score (nSPS) is 13.5. The Bertz CT molecular complexity index is 344. The van der Waals surface area contributed by atoms with Gasteiger partial charge in [0.1, 0.15) is 18.5 Å². The van der Waals surface area contributed by atoms with Gasteiger partial charge in [0.25, 0.3) is 0 Å². The Kier molecular flexibility index (Phi) is 4.97. The van der Waals surface area contributed by atoms with Gasteiger partial charge < -0.3 is 15.2 Å². The third-order valence-corrected chi connectivity index (χ3v) is 2.39. The molecule has 96 valence electrons. The van der Waals surface area contributed by atoms with Crippen molar-refractivity contribution in [1.29, 1.82) is 0 Å². The van der Waals surface area contributed by atoms with Crippen molar-refractivity contribution in [3.05, 3.63) is 29.8 Å². The topological polar surface area (TPSA) is 41.5 Å². The summed E-state index contributed by atoms with van der Waals surface area (Å²) in [6.45, 7) is 9.06. The van der Waals surface area contributed by atoms with Crippen molar-refractivity contribution in [1.82, 2.24) is 5.32 Å². The van der Waals surface area contributed by atoms with Crippen molar-refractivity contribution < 1.29 is 9.84 Å². The smallest absolute Gasteiger partial charge is 0.122 e. The Labute approximate surface area is 104 Å². The Morgan fingerprint density at radius 3 is 2.53 bits per heavy atom. The van der Waals surface area contributed by atoms with E-state index in [9.17, 15) is 5.11 Å². The Balaban J connectivity index is 2.34. The van der Waals surface area contributed by atoms with E-state index >= 15 is 0 Å². The molecule has 1 unspecified atom stereocenters. The number of aryl methyl sites for hydroxylation is 1. The lowest BCUT2D eigenvalue weighted by atomic mass is 10.1. The number of β-amino-alcohol motifs (C(OH)–C–C–N with tert-alkyl or cyclic N) is 1. The Hall–Kier alpha value is -1.06. The number of hydrogen-bond donors (Lipinski definition) is 2. The predicted octanol–water partition coefficient (Wildman–Crippen LogP) is 2.12. The summed E-state index contributed by atoms with van der Waals surface area (Å²) in [4.78, 5) is 0. The van der Waals surface area contributed by atoms with Gasteiger partial charge in [-0.3, -0.25) is 0 Å². The van der Waals surface area contributed by atoms with E-state index in [0.29, 0.717) is 13.2 Å². The van der Waals surface area contributed by atoms with E-state index < -0.39 is 6.10 Å². The second kappa shape index (κ2) is 6.03. The maximum absolute atomic E-state index is 9.78. The molecule has 3 nitrogen and oxygen atoms in total. The van der Waals surface area contributed by atoms with Gasteiger partial charge in [-0.15, -0.1) is 0 Å². The maximum Gasteiger partial charge on any atom is 0.122 e. The molecule has 3 heteroatoms. The molecule has 0 aliphatic rings. The van der Waals surface area contributed by atoms with E-state index in [-0.39, 0.29) is 5.54 Å². The molecule has 1 rings (SSSR count). The summed E-state index contributed by atoms with van der Waals surface area (Å²) in [6.07, 6.45) is -0.492. The van der Waals surface area contributed by atoms with Crippen LogP contribution in [-0.2, 0) is 0 Å². The van der Waals surface area contributed by atoms with Crippen LogP contribution in [0.4, 0.5) is 0 Å². The minimum Gasteiger partial charge on any atom is -0.491 e. The zero-order valence-electron chi connectivity index (χ0n) is 11.2. The zero-order chi connectivity index (χ0) is 12.9. The average molecular weight is 237 g/mol. The first-order valence-corrected chi connectivity index (χ1v) is 6.00. The number of benzene rings is 1.